The lowest BCUT2D eigenvalue weighted by molar-refractivity contribution is -0.143. The molecule has 0 heterocycles. The molecule has 5 nitrogen and oxygen atoms in total. The van der Waals surface area contributed by atoms with Crippen molar-refractivity contribution in [1.29, 1.82) is 0 Å². The summed E-state index contributed by atoms with van der Waals surface area (Å²) in [5.74, 6) is -0.0415. The molecule has 6 heteroatoms. The molecular formula is C14H25NO4S. The van der Waals surface area contributed by atoms with Crippen LogP contribution >= 0.6 is 11.8 Å². The van der Waals surface area contributed by atoms with Gasteiger partial charge in [0.05, 0.1) is 0 Å². The molecule has 0 aromatic heterocycles. The zero-order valence-electron chi connectivity index (χ0n) is 12.7. The second-order valence-electron chi connectivity index (χ2n) is 6.11. The molecule has 116 valence electrons. The standard InChI is InChI=1S/C14H25NO4S/c1-14(2,3)19-13(18)15(10-7-8-10)11(12(16)17)6-5-9-20-4/h10-11H,5-9H2,1-4H3,(H,16,17). The van der Waals surface area contributed by atoms with Gasteiger partial charge in [-0.05, 0) is 58.5 Å². The van der Waals surface area contributed by atoms with Crippen molar-refractivity contribution < 1.29 is 19.4 Å². The molecular weight excluding hydrogens is 278 g/mol. The van der Waals surface area contributed by atoms with Crippen molar-refractivity contribution in [2.45, 2.75) is 64.1 Å². The number of carbonyl (C=O) groups is 2. The third-order valence-electron chi connectivity index (χ3n) is 2.99. The number of rotatable bonds is 7. The summed E-state index contributed by atoms with van der Waals surface area (Å²) in [6.45, 7) is 5.37. The van der Waals surface area contributed by atoms with Gasteiger partial charge in [0.15, 0.2) is 0 Å². The number of nitrogens with zero attached hydrogens (tertiary/aromatic N) is 1. The van der Waals surface area contributed by atoms with E-state index in [0.717, 1.165) is 25.0 Å². The summed E-state index contributed by atoms with van der Waals surface area (Å²) in [4.78, 5) is 25.2. The first-order chi connectivity index (χ1) is 9.26. The zero-order chi connectivity index (χ0) is 15.3. The van der Waals surface area contributed by atoms with E-state index >= 15 is 0 Å². The first-order valence-electron chi connectivity index (χ1n) is 6.99. The van der Waals surface area contributed by atoms with Crippen LogP contribution < -0.4 is 0 Å². The number of carboxylic acid groups (broad SMARTS) is 1. The lowest BCUT2D eigenvalue weighted by Gasteiger charge is -2.31. The maximum Gasteiger partial charge on any atom is 0.411 e. The summed E-state index contributed by atoms with van der Waals surface area (Å²) in [6.07, 6.45) is 4.48. The molecule has 0 radical (unpaired) electrons. The zero-order valence-corrected chi connectivity index (χ0v) is 13.5. The van der Waals surface area contributed by atoms with Gasteiger partial charge in [-0.3, -0.25) is 4.90 Å². The summed E-state index contributed by atoms with van der Waals surface area (Å²) in [5, 5.41) is 9.41. The number of carboxylic acids is 1. The molecule has 1 fully saturated rings. The van der Waals surface area contributed by atoms with Gasteiger partial charge in [0.25, 0.3) is 0 Å². The summed E-state index contributed by atoms with van der Waals surface area (Å²) in [5.41, 5.74) is -0.605. The Morgan fingerprint density at radius 3 is 2.40 bits per heavy atom. The van der Waals surface area contributed by atoms with Crippen molar-refractivity contribution >= 4 is 23.8 Å². The Morgan fingerprint density at radius 1 is 1.40 bits per heavy atom. The average Bonchev–Trinajstić information content (AvgIpc) is 3.09. The van der Waals surface area contributed by atoms with E-state index in [0.29, 0.717) is 6.42 Å². The van der Waals surface area contributed by atoms with Crippen LogP contribution in [0.25, 0.3) is 0 Å². The Balaban J connectivity index is 2.74. The van der Waals surface area contributed by atoms with Gasteiger partial charge in [-0.25, -0.2) is 9.59 Å². The highest BCUT2D eigenvalue weighted by Gasteiger charge is 2.42. The third-order valence-corrected chi connectivity index (χ3v) is 3.69. The summed E-state index contributed by atoms with van der Waals surface area (Å²) in [7, 11) is 0. The van der Waals surface area contributed by atoms with Crippen molar-refractivity contribution in [2.24, 2.45) is 0 Å². The number of hydrogen-bond donors (Lipinski definition) is 1. The summed E-state index contributed by atoms with van der Waals surface area (Å²) in [6, 6.07) is -0.746. The van der Waals surface area contributed by atoms with Crippen molar-refractivity contribution in [3.05, 3.63) is 0 Å². The number of amides is 1. The molecule has 1 aliphatic rings. The summed E-state index contributed by atoms with van der Waals surface area (Å²) < 4.78 is 5.36. The van der Waals surface area contributed by atoms with Gasteiger partial charge in [0, 0.05) is 6.04 Å². The van der Waals surface area contributed by atoms with Crippen LogP contribution in [0.1, 0.15) is 46.5 Å². The number of hydrogen-bond acceptors (Lipinski definition) is 4. The molecule has 1 atom stereocenters. The fourth-order valence-corrected chi connectivity index (χ4v) is 2.46. The molecule has 0 aliphatic heterocycles. The molecule has 20 heavy (non-hydrogen) atoms. The number of thioether (sulfide) groups is 1. The van der Waals surface area contributed by atoms with Crippen LogP contribution in [-0.4, -0.2) is 51.8 Å². The molecule has 1 aliphatic carbocycles. The minimum absolute atomic E-state index is 0.0280. The van der Waals surface area contributed by atoms with E-state index in [2.05, 4.69) is 0 Å². The van der Waals surface area contributed by atoms with Gasteiger partial charge in [-0.1, -0.05) is 0 Å². The van der Waals surface area contributed by atoms with Gasteiger partial charge in [0.1, 0.15) is 11.6 Å². The van der Waals surface area contributed by atoms with Gasteiger partial charge in [0.2, 0.25) is 0 Å². The summed E-state index contributed by atoms with van der Waals surface area (Å²) >= 11 is 1.68. The van der Waals surface area contributed by atoms with E-state index in [9.17, 15) is 14.7 Å². The molecule has 0 aromatic rings. The van der Waals surface area contributed by atoms with Crippen molar-refractivity contribution in [1.82, 2.24) is 4.90 Å². The van der Waals surface area contributed by atoms with Gasteiger partial charge in [-0.15, -0.1) is 0 Å². The molecule has 1 N–H and O–H groups in total. The number of aliphatic carboxylic acids is 1. The molecule has 0 spiro atoms. The monoisotopic (exact) mass is 303 g/mol. The molecule has 0 aromatic carbocycles. The maximum absolute atomic E-state index is 12.3. The van der Waals surface area contributed by atoms with Crippen LogP contribution in [0.3, 0.4) is 0 Å². The molecule has 0 bridgehead atoms. The quantitative estimate of drug-likeness (QED) is 0.732. The Morgan fingerprint density at radius 2 is 2.00 bits per heavy atom. The molecule has 1 saturated carbocycles. The minimum atomic E-state index is -0.941. The molecule has 1 unspecified atom stereocenters. The molecule has 0 saturated heterocycles. The van der Waals surface area contributed by atoms with Gasteiger partial charge >= 0.3 is 12.1 Å². The largest absolute Gasteiger partial charge is 0.480 e. The Labute approximate surface area is 125 Å². The normalized spacial score (nSPS) is 16.6. The number of ether oxygens (including phenoxy) is 1. The predicted molar refractivity (Wildman–Crippen MR) is 80.1 cm³/mol. The smallest absolute Gasteiger partial charge is 0.411 e. The van der Waals surface area contributed by atoms with Crippen LogP contribution in [0.15, 0.2) is 0 Å². The van der Waals surface area contributed by atoms with E-state index in [1.165, 1.54) is 4.90 Å². The first kappa shape index (κ1) is 17.1. The molecule has 1 rings (SSSR count). The third kappa shape index (κ3) is 5.61. The second kappa shape index (κ2) is 7.20. The van der Waals surface area contributed by atoms with Crippen LogP contribution in [-0.2, 0) is 9.53 Å². The Hall–Kier alpha value is -0.910. The van der Waals surface area contributed by atoms with Crippen molar-refractivity contribution in [3.63, 3.8) is 0 Å². The minimum Gasteiger partial charge on any atom is -0.480 e. The van der Waals surface area contributed by atoms with Crippen molar-refractivity contribution in [2.75, 3.05) is 12.0 Å². The Kier molecular flexibility index (Phi) is 6.17. The van der Waals surface area contributed by atoms with Crippen LogP contribution in [0, 0.1) is 0 Å². The fourth-order valence-electron chi connectivity index (χ4n) is 2.00. The van der Waals surface area contributed by atoms with Crippen molar-refractivity contribution in [3.8, 4) is 0 Å². The molecule has 1 amide bonds. The second-order valence-corrected chi connectivity index (χ2v) is 7.09. The highest BCUT2D eigenvalue weighted by atomic mass is 32.2. The lowest BCUT2D eigenvalue weighted by atomic mass is 10.1. The lowest BCUT2D eigenvalue weighted by Crippen LogP contribution is -2.48. The van der Waals surface area contributed by atoms with E-state index in [4.69, 9.17) is 4.74 Å². The Bertz CT molecular complexity index is 350. The van der Waals surface area contributed by atoms with Crippen LogP contribution in [0.5, 0.6) is 0 Å². The van der Waals surface area contributed by atoms with E-state index in [-0.39, 0.29) is 6.04 Å². The first-order valence-corrected chi connectivity index (χ1v) is 8.38. The van der Waals surface area contributed by atoms with Crippen LogP contribution in [0.4, 0.5) is 4.79 Å². The maximum atomic E-state index is 12.3. The van der Waals surface area contributed by atoms with Gasteiger partial charge < -0.3 is 9.84 Å². The highest BCUT2D eigenvalue weighted by molar-refractivity contribution is 7.98. The number of carbonyl (C=O) groups excluding carboxylic acids is 1. The van der Waals surface area contributed by atoms with E-state index in [1.807, 2.05) is 6.26 Å². The van der Waals surface area contributed by atoms with E-state index in [1.54, 1.807) is 32.5 Å². The predicted octanol–water partition coefficient (Wildman–Crippen LogP) is 2.98. The van der Waals surface area contributed by atoms with Crippen LogP contribution in [0.2, 0.25) is 0 Å². The average molecular weight is 303 g/mol. The van der Waals surface area contributed by atoms with Gasteiger partial charge in [-0.2, -0.15) is 11.8 Å². The fraction of sp³-hybridized carbons (Fsp3) is 0.857. The topological polar surface area (TPSA) is 66.8 Å². The highest BCUT2D eigenvalue weighted by Crippen LogP contribution is 2.31. The van der Waals surface area contributed by atoms with E-state index < -0.39 is 23.7 Å². The SMILES string of the molecule is CSCCCC(C(=O)O)N(C(=O)OC(C)(C)C)C1CC1.